The number of ether oxygens (including phenoxy) is 1. The van der Waals surface area contributed by atoms with Gasteiger partial charge in [0.15, 0.2) is 0 Å². The van der Waals surface area contributed by atoms with E-state index in [4.69, 9.17) is 4.74 Å². The molecule has 17 heavy (non-hydrogen) atoms. The van der Waals surface area contributed by atoms with Gasteiger partial charge in [-0.1, -0.05) is 22.0 Å². The van der Waals surface area contributed by atoms with Crippen molar-refractivity contribution >= 4 is 43.2 Å². The summed E-state index contributed by atoms with van der Waals surface area (Å²) in [5.41, 5.74) is 0.606. The molecular weight excluding hydrogens is 371 g/mol. The standard InChI is InChI=1S/C12H9Br2FOS/c1-16-7-2-3-8(10(15)6-7)11(14)12-9(13)4-5-17-12/h2-6,11H,1H3. The van der Waals surface area contributed by atoms with Crippen LogP contribution in [0.5, 0.6) is 5.75 Å². The van der Waals surface area contributed by atoms with Crippen LogP contribution in [0.1, 0.15) is 15.3 Å². The quantitative estimate of drug-likeness (QED) is 0.670. The Morgan fingerprint density at radius 1 is 1.35 bits per heavy atom. The summed E-state index contributed by atoms with van der Waals surface area (Å²) in [6.45, 7) is 0. The topological polar surface area (TPSA) is 9.23 Å². The number of rotatable bonds is 3. The number of thiophene rings is 1. The molecule has 0 spiro atoms. The summed E-state index contributed by atoms with van der Waals surface area (Å²) in [5.74, 6) is 0.253. The van der Waals surface area contributed by atoms with Gasteiger partial charge in [-0.05, 0) is 33.4 Å². The second-order valence-corrected chi connectivity index (χ2v) is 6.10. The van der Waals surface area contributed by atoms with Crippen LogP contribution in [0.2, 0.25) is 0 Å². The molecule has 0 amide bonds. The van der Waals surface area contributed by atoms with E-state index < -0.39 is 0 Å². The van der Waals surface area contributed by atoms with Crippen LogP contribution in [0.3, 0.4) is 0 Å². The van der Waals surface area contributed by atoms with Crippen LogP contribution >= 0.6 is 43.2 Å². The van der Waals surface area contributed by atoms with Crippen LogP contribution in [0.4, 0.5) is 4.39 Å². The minimum atomic E-state index is -0.272. The predicted octanol–water partition coefficient (Wildman–Crippen LogP) is 5.14. The van der Waals surface area contributed by atoms with Crippen LogP contribution in [0.25, 0.3) is 0 Å². The smallest absolute Gasteiger partial charge is 0.131 e. The van der Waals surface area contributed by atoms with Crippen LogP contribution in [0.15, 0.2) is 34.1 Å². The van der Waals surface area contributed by atoms with E-state index in [1.54, 1.807) is 23.5 Å². The number of alkyl halides is 1. The van der Waals surface area contributed by atoms with Gasteiger partial charge in [-0.15, -0.1) is 11.3 Å². The van der Waals surface area contributed by atoms with Gasteiger partial charge < -0.3 is 4.74 Å². The third kappa shape index (κ3) is 2.72. The zero-order valence-electron chi connectivity index (χ0n) is 8.91. The summed E-state index contributed by atoms with van der Waals surface area (Å²) >= 11 is 8.55. The van der Waals surface area contributed by atoms with Crippen molar-refractivity contribution in [2.75, 3.05) is 7.11 Å². The summed E-state index contributed by atoms with van der Waals surface area (Å²) in [6.07, 6.45) is 0. The number of halogens is 3. The Hall–Kier alpha value is -0.390. The van der Waals surface area contributed by atoms with Crippen molar-refractivity contribution in [2.24, 2.45) is 0 Å². The second-order valence-electron chi connectivity index (χ2n) is 3.38. The van der Waals surface area contributed by atoms with Crippen molar-refractivity contribution in [1.29, 1.82) is 0 Å². The molecule has 0 saturated carbocycles. The molecule has 0 aliphatic rings. The minimum Gasteiger partial charge on any atom is -0.497 e. The van der Waals surface area contributed by atoms with E-state index in [9.17, 15) is 4.39 Å². The van der Waals surface area contributed by atoms with Crippen LogP contribution in [-0.2, 0) is 0 Å². The largest absolute Gasteiger partial charge is 0.497 e. The maximum absolute atomic E-state index is 13.9. The first-order valence-corrected chi connectivity index (χ1v) is 7.42. The molecule has 0 aliphatic carbocycles. The van der Waals surface area contributed by atoms with Gasteiger partial charge in [0, 0.05) is 21.0 Å². The zero-order chi connectivity index (χ0) is 12.4. The van der Waals surface area contributed by atoms with Gasteiger partial charge >= 0.3 is 0 Å². The summed E-state index contributed by atoms with van der Waals surface area (Å²) in [7, 11) is 1.52. The highest BCUT2D eigenvalue weighted by Crippen LogP contribution is 2.40. The van der Waals surface area contributed by atoms with E-state index >= 15 is 0 Å². The van der Waals surface area contributed by atoms with E-state index in [0.717, 1.165) is 9.35 Å². The van der Waals surface area contributed by atoms with E-state index in [1.807, 2.05) is 11.4 Å². The van der Waals surface area contributed by atoms with Crippen LogP contribution in [0, 0.1) is 5.82 Å². The van der Waals surface area contributed by atoms with Crippen molar-refractivity contribution in [1.82, 2.24) is 0 Å². The normalized spacial score (nSPS) is 12.5. The Morgan fingerprint density at radius 2 is 2.12 bits per heavy atom. The van der Waals surface area contributed by atoms with Gasteiger partial charge in [-0.2, -0.15) is 0 Å². The number of hydrogen-bond donors (Lipinski definition) is 0. The van der Waals surface area contributed by atoms with Crippen molar-refractivity contribution in [3.63, 3.8) is 0 Å². The molecule has 1 heterocycles. The first kappa shape index (κ1) is 13.1. The highest BCUT2D eigenvalue weighted by atomic mass is 79.9. The Kier molecular flexibility index (Phi) is 4.22. The summed E-state index contributed by atoms with van der Waals surface area (Å²) < 4.78 is 19.9. The summed E-state index contributed by atoms with van der Waals surface area (Å²) in [4.78, 5) is 0.900. The van der Waals surface area contributed by atoms with Gasteiger partial charge in [-0.25, -0.2) is 4.39 Å². The van der Waals surface area contributed by atoms with Crippen LogP contribution < -0.4 is 4.74 Å². The lowest BCUT2D eigenvalue weighted by atomic mass is 10.1. The molecule has 5 heteroatoms. The molecule has 1 aromatic carbocycles. The molecule has 0 fully saturated rings. The van der Waals surface area contributed by atoms with Crippen molar-refractivity contribution < 1.29 is 9.13 Å². The van der Waals surface area contributed by atoms with Gasteiger partial charge in [0.05, 0.1) is 11.9 Å². The van der Waals surface area contributed by atoms with Gasteiger partial charge in [0.2, 0.25) is 0 Å². The third-order valence-electron chi connectivity index (χ3n) is 2.36. The molecule has 2 rings (SSSR count). The average Bonchev–Trinajstić information content (AvgIpc) is 2.74. The first-order valence-electron chi connectivity index (χ1n) is 4.84. The molecule has 0 saturated heterocycles. The highest BCUT2D eigenvalue weighted by Gasteiger charge is 2.18. The Balaban J connectivity index is 2.38. The molecule has 0 bridgehead atoms. The molecule has 1 aromatic heterocycles. The van der Waals surface area contributed by atoms with E-state index in [1.165, 1.54) is 13.2 Å². The Labute approximate surface area is 120 Å². The molecule has 1 unspecified atom stereocenters. The Bertz CT molecular complexity index is 527. The van der Waals surface area contributed by atoms with Crippen molar-refractivity contribution in [3.05, 3.63) is 50.4 Å². The van der Waals surface area contributed by atoms with E-state index in [0.29, 0.717) is 11.3 Å². The molecule has 2 aromatic rings. The van der Waals surface area contributed by atoms with E-state index in [2.05, 4.69) is 31.9 Å². The van der Waals surface area contributed by atoms with Crippen LogP contribution in [-0.4, -0.2) is 7.11 Å². The number of benzene rings is 1. The lowest BCUT2D eigenvalue weighted by molar-refractivity contribution is 0.411. The second kappa shape index (κ2) is 5.50. The third-order valence-corrected chi connectivity index (χ3v) is 5.55. The molecule has 90 valence electrons. The number of methoxy groups -OCH3 is 1. The molecule has 0 N–H and O–H groups in total. The van der Waals surface area contributed by atoms with E-state index in [-0.39, 0.29) is 10.6 Å². The fourth-order valence-corrected chi connectivity index (χ4v) is 4.31. The van der Waals surface area contributed by atoms with Gasteiger partial charge in [-0.3, -0.25) is 0 Å². The summed E-state index contributed by atoms with van der Waals surface area (Å²) in [6, 6.07) is 6.84. The molecular formula is C12H9Br2FOS. The molecule has 0 aliphatic heterocycles. The lowest BCUT2D eigenvalue weighted by Crippen LogP contribution is -1.96. The van der Waals surface area contributed by atoms with Crippen molar-refractivity contribution in [3.8, 4) is 5.75 Å². The fraction of sp³-hybridized carbons (Fsp3) is 0.167. The van der Waals surface area contributed by atoms with Gasteiger partial charge in [0.25, 0.3) is 0 Å². The molecule has 1 nitrogen and oxygen atoms in total. The minimum absolute atomic E-state index is 0.150. The molecule has 0 radical (unpaired) electrons. The number of hydrogen-bond acceptors (Lipinski definition) is 2. The maximum Gasteiger partial charge on any atom is 0.131 e. The lowest BCUT2D eigenvalue weighted by Gasteiger charge is -2.11. The molecule has 1 atom stereocenters. The maximum atomic E-state index is 13.9. The SMILES string of the molecule is COc1ccc(C(Br)c2sccc2Br)c(F)c1. The summed E-state index contributed by atoms with van der Waals surface area (Å²) in [5, 5.41) is 1.97. The van der Waals surface area contributed by atoms with Gasteiger partial charge in [0.1, 0.15) is 11.6 Å². The monoisotopic (exact) mass is 378 g/mol. The highest BCUT2D eigenvalue weighted by molar-refractivity contribution is 9.11. The van der Waals surface area contributed by atoms with Crippen molar-refractivity contribution in [2.45, 2.75) is 4.83 Å². The first-order chi connectivity index (χ1) is 8.13. The Morgan fingerprint density at radius 3 is 2.65 bits per heavy atom. The fourth-order valence-electron chi connectivity index (χ4n) is 1.47. The predicted molar refractivity (Wildman–Crippen MR) is 75.7 cm³/mol. The average molecular weight is 380 g/mol. The zero-order valence-corrected chi connectivity index (χ0v) is 12.9.